The molecule has 132 valence electrons. The molecule has 1 saturated heterocycles. The third kappa shape index (κ3) is 4.68. The molecule has 2 heterocycles. The topological polar surface area (TPSA) is 67.2 Å². The van der Waals surface area contributed by atoms with E-state index in [-0.39, 0.29) is 11.8 Å². The molecule has 1 aromatic carbocycles. The maximum atomic E-state index is 12.1. The number of hydrogen-bond acceptors (Lipinski definition) is 3. The Balaban J connectivity index is 1.52. The van der Waals surface area contributed by atoms with Crippen molar-refractivity contribution in [2.45, 2.75) is 45.8 Å². The summed E-state index contributed by atoms with van der Waals surface area (Å²) >= 11 is 0. The van der Waals surface area contributed by atoms with Gasteiger partial charge in [0.15, 0.2) is 0 Å². The van der Waals surface area contributed by atoms with Crippen LogP contribution in [0, 0.1) is 6.92 Å². The number of amides is 2. The van der Waals surface area contributed by atoms with Crippen LogP contribution in [0.2, 0.25) is 0 Å². The van der Waals surface area contributed by atoms with Crippen LogP contribution < -0.4 is 5.32 Å². The summed E-state index contributed by atoms with van der Waals surface area (Å²) in [6.07, 6.45) is 5.69. The number of rotatable bonds is 7. The Morgan fingerprint density at radius 3 is 2.76 bits per heavy atom. The van der Waals surface area contributed by atoms with E-state index in [1.165, 1.54) is 0 Å². The van der Waals surface area contributed by atoms with Gasteiger partial charge >= 0.3 is 0 Å². The van der Waals surface area contributed by atoms with E-state index in [0.29, 0.717) is 32.5 Å². The van der Waals surface area contributed by atoms with Gasteiger partial charge in [-0.3, -0.25) is 14.3 Å². The van der Waals surface area contributed by atoms with Crippen LogP contribution in [-0.2, 0) is 29.2 Å². The van der Waals surface area contributed by atoms with Crippen LogP contribution in [0.5, 0.6) is 0 Å². The maximum Gasteiger partial charge on any atom is 0.222 e. The van der Waals surface area contributed by atoms with Gasteiger partial charge in [-0.15, -0.1) is 0 Å². The number of aryl methyl sites for hydroxylation is 2. The fourth-order valence-corrected chi connectivity index (χ4v) is 3.05. The monoisotopic (exact) mass is 340 g/mol. The summed E-state index contributed by atoms with van der Waals surface area (Å²) in [5.74, 6) is 0.216. The lowest BCUT2D eigenvalue weighted by molar-refractivity contribution is -0.128. The van der Waals surface area contributed by atoms with Crippen LogP contribution in [0.25, 0.3) is 0 Å². The van der Waals surface area contributed by atoms with Crippen molar-refractivity contribution >= 4 is 11.8 Å². The van der Waals surface area contributed by atoms with Gasteiger partial charge in [0, 0.05) is 45.2 Å². The van der Waals surface area contributed by atoms with Crippen molar-refractivity contribution in [2.24, 2.45) is 0 Å². The van der Waals surface area contributed by atoms with Gasteiger partial charge in [-0.2, -0.15) is 5.10 Å². The molecule has 0 bridgehead atoms. The summed E-state index contributed by atoms with van der Waals surface area (Å²) in [5.41, 5.74) is 3.25. The summed E-state index contributed by atoms with van der Waals surface area (Å²) in [5, 5.41) is 7.15. The first-order chi connectivity index (χ1) is 12.1. The van der Waals surface area contributed by atoms with E-state index in [0.717, 1.165) is 29.7 Å². The molecule has 1 aliphatic heterocycles. The standard InChI is InChI=1S/C19H24N4O2/c1-15-11-21-23(13-15)10-8-18(24)20-12-16-5-2-3-6-17(16)14-22-9-4-7-19(22)25/h2-3,5-6,11,13H,4,7-10,12,14H2,1H3,(H,20,24). The molecule has 0 saturated carbocycles. The summed E-state index contributed by atoms with van der Waals surface area (Å²) in [4.78, 5) is 25.8. The van der Waals surface area contributed by atoms with Gasteiger partial charge < -0.3 is 10.2 Å². The summed E-state index contributed by atoms with van der Waals surface area (Å²) in [7, 11) is 0. The van der Waals surface area contributed by atoms with Gasteiger partial charge in [0.05, 0.1) is 6.20 Å². The van der Waals surface area contributed by atoms with Gasteiger partial charge in [0.25, 0.3) is 0 Å². The number of hydrogen-bond donors (Lipinski definition) is 1. The first kappa shape index (κ1) is 17.2. The SMILES string of the molecule is Cc1cnn(CCC(=O)NCc2ccccc2CN2CCCC2=O)c1. The molecule has 1 fully saturated rings. The number of benzene rings is 1. The largest absolute Gasteiger partial charge is 0.352 e. The van der Waals surface area contributed by atoms with Crippen molar-refractivity contribution in [3.05, 3.63) is 53.3 Å². The van der Waals surface area contributed by atoms with Gasteiger partial charge in [-0.05, 0) is 30.0 Å². The summed E-state index contributed by atoms with van der Waals surface area (Å²) in [6.45, 7) is 4.48. The van der Waals surface area contributed by atoms with E-state index >= 15 is 0 Å². The number of nitrogens with one attached hydrogen (secondary N) is 1. The summed E-state index contributed by atoms with van der Waals surface area (Å²) < 4.78 is 1.78. The Morgan fingerprint density at radius 1 is 1.28 bits per heavy atom. The summed E-state index contributed by atoms with van der Waals surface area (Å²) in [6, 6.07) is 7.97. The van der Waals surface area contributed by atoms with E-state index in [1.54, 1.807) is 10.9 Å². The molecule has 1 N–H and O–H groups in total. The van der Waals surface area contributed by atoms with Gasteiger partial charge in [0.1, 0.15) is 0 Å². The molecule has 0 unspecified atom stereocenters. The van der Waals surface area contributed by atoms with Crippen molar-refractivity contribution in [1.82, 2.24) is 20.0 Å². The minimum absolute atomic E-state index is 0.000190. The average molecular weight is 340 g/mol. The molecule has 2 amide bonds. The Kier molecular flexibility index (Phi) is 5.48. The Morgan fingerprint density at radius 2 is 2.08 bits per heavy atom. The molecule has 6 nitrogen and oxygen atoms in total. The first-order valence-electron chi connectivity index (χ1n) is 8.72. The lowest BCUT2D eigenvalue weighted by Gasteiger charge is -2.18. The quantitative estimate of drug-likeness (QED) is 0.838. The Hall–Kier alpha value is -2.63. The van der Waals surface area contributed by atoms with Crippen LogP contribution in [0.15, 0.2) is 36.7 Å². The van der Waals surface area contributed by atoms with E-state index in [4.69, 9.17) is 0 Å². The zero-order valence-electron chi connectivity index (χ0n) is 14.6. The van der Waals surface area contributed by atoms with Gasteiger partial charge in [-0.25, -0.2) is 0 Å². The predicted octanol–water partition coefficient (Wildman–Crippen LogP) is 2.02. The Bertz CT molecular complexity index is 753. The van der Waals surface area contributed by atoms with Crippen molar-refractivity contribution in [2.75, 3.05) is 6.54 Å². The van der Waals surface area contributed by atoms with Crippen LogP contribution in [0.1, 0.15) is 36.0 Å². The predicted molar refractivity (Wildman–Crippen MR) is 94.5 cm³/mol. The van der Waals surface area contributed by atoms with Crippen molar-refractivity contribution in [1.29, 1.82) is 0 Å². The number of carbonyl (C=O) groups is 2. The van der Waals surface area contributed by atoms with Crippen LogP contribution in [0.4, 0.5) is 0 Å². The molecule has 1 aliphatic rings. The molecular formula is C19H24N4O2. The molecule has 25 heavy (non-hydrogen) atoms. The zero-order valence-corrected chi connectivity index (χ0v) is 14.6. The van der Waals surface area contributed by atoms with Crippen LogP contribution >= 0.6 is 0 Å². The van der Waals surface area contributed by atoms with Crippen LogP contribution in [-0.4, -0.2) is 33.0 Å². The molecule has 2 aromatic rings. The fourth-order valence-electron chi connectivity index (χ4n) is 3.05. The van der Waals surface area contributed by atoms with Gasteiger partial charge in [0.2, 0.25) is 11.8 Å². The van der Waals surface area contributed by atoms with Crippen molar-refractivity contribution in [3.8, 4) is 0 Å². The zero-order chi connectivity index (χ0) is 17.6. The minimum atomic E-state index is 0.000190. The second-order valence-electron chi connectivity index (χ2n) is 6.50. The van der Waals surface area contributed by atoms with E-state index in [1.807, 2.05) is 42.3 Å². The minimum Gasteiger partial charge on any atom is -0.352 e. The van der Waals surface area contributed by atoms with Gasteiger partial charge in [-0.1, -0.05) is 24.3 Å². The normalized spacial score (nSPS) is 14.1. The number of nitrogens with zero attached hydrogens (tertiary/aromatic N) is 3. The molecular weight excluding hydrogens is 316 g/mol. The average Bonchev–Trinajstić information content (AvgIpc) is 3.21. The maximum absolute atomic E-state index is 12.1. The second kappa shape index (κ2) is 7.96. The third-order valence-corrected chi connectivity index (χ3v) is 4.46. The highest BCUT2D eigenvalue weighted by molar-refractivity contribution is 5.78. The number of likely N-dealkylation sites (tertiary alicyclic amines) is 1. The highest BCUT2D eigenvalue weighted by atomic mass is 16.2. The lowest BCUT2D eigenvalue weighted by Crippen LogP contribution is -2.27. The molecule has 0 radical (unpaired) electrons. The van der Waals surface area contributed by atoms with Crippen molar-refractivity contribution in [3.63, 3.8) is 0 Å². The second-order valence-corrected chi connectivity index (χ2v) is 6.50. The highest BCUT2D eigenvalue weighted by Crippen LogP contribution is 2.17. The van der Waals surface area contributed by atoms with E-state index < -0.39 is 0 Å². The highest BCUT2D eigenvalue weighted by Gasteiger charge is 2.20. The first-order valence-corrected chi connectivity index (χ1v) is 8.72. The number of carbonyl (C=O) groups excluding carboxylic acids is 2. The lowest BCUT2D eigenvalue weighted by atomic mass is 10.1. The molecule has 0 spiro atoms. The third-order valence-electron chi connectivity index (χ3n) is 4.46. The van der Waals surface area contributed by atoms with Crippen LogP contribution in [0.3, 0.4) is 0 Å². The molecule has 0 atom stereocenters. The molecule has 6 heteroatoms. The molecule has 3 rings (SSSR count). The number of aromatic nitrogens is 2. The van der Waals surface area contributed by atoms with Crippen molar-refractivity contribution < 1.29 is 9.59 Å². The smallest absolute Gasteiger partial charge is 0.222 e. The van der Waals surface area contributed by atoms with E-state index in [2.05, 4.69) is 10.4 Å². The molecule has 1 aromatic heterocycles. The fraction of sp³-hybridized carbons (Fsp3) is 0.421. The molecule has 0 aliphatic carbocycles. The Labute approximate surface area is 147 Å². The van der Waals surface area contributed by atoms with E-state index in [9.17, 15) is 9.59 Å².